The summed E-state index contributed by atoms with van der Waals surface area (Å²) < 4.78 is 51.6. The van der Waals surface area contributed by atoms with E-state index in [9.17, 15) is 22.2 Å². The molecule has 13 heteroatoms. The summed E-state index contributed by atoms with van der Waals surface area (Å²) in [7, 11) is -1.39. The van der Waals surface area contributed by atoms with Gasteiger partial charge in [-0.25, -0.2) is 0 Å². The van der Waals surface area contributed by atoms with Crippen molar-refractivity contribution in [2.45, 2.75) is 35.3 Å². The molecule has 1 aromatic heterocycles. The molecule has 3 heterocycles. The molecule has 1 N–H and O–H groups in total. The highest BCUT2D eigenvalue weighted by molar-refractivity contribution is 7.84. The maximum atomic E-state index is 13.1. The summed E-state index contributed by atoms with van der Waals surface area (Å²) in [6.45, 7) is 0.412. The molecule has 1 aromatic carbocycles. The van der Waals surface area contributed by atoms with Gasteiger partial charge in [-0.15, -0.1) is 20.4 Å². The summed E-state index contributed by atoms with van der Waals surface area (Å²) in [6, 6.07) is 6.27. The van der Waals surface area contributed by atoms with Gasteiger partial charge < -0.3 is 4.90 Å². The van der Waals surface area contributed by atoms with Crippen molar-refractivity contribution in [3.63, 3.8) is 0 Å². The first-order valence-corrected chi connectivity index (χ1v) is 10.1. The second kappa shape index (κ2) is 7.28. The number of aromatic nitrogens is 4. The Morgan fingerprint density at radius 2 is 1.86 bits per heavy atom. The number of piperidine rings is 1. The monoisotopic (exact) mass is 427 g/mol. The summed E-state index contributed by atoms with van der Waals surface area (Å²) in [4.78, 5) is 14.7. The lowest BCUT2D eigenvalue weighted by Crippen LogP contribution is -2.47. The van der Waals surface area contributed by atoms with Gasteiger partial charge in [0.05, 0.1) is 16.6 Å². The third-order valence-corrected chi connectivity index (χ3v) is 6.42. The van der Waals surface area contributed by atoms with Crippen LogP contribution in [0.3, 0.4) is 0 Å². The molecule has 1 unspecified atom stereocenters. The van der Waals surface area contributed by atoms with E-state index in [1.807, 2.05) is 0 Å². The first-order chi connectivity index (χ1) is 13.8. The topological polar surface area (TPSA) is 117 Å². The smallest absolute Gasteiger partial charge is 0.339 e. The third kappa shape index (κ3) is 3.78. The molecule has 2 aromatic rings. The number of carbonyl (C=O) groups is 1. The van der Waals surface area contributed by atoms with Gasteiger partial charge in [-0.05, 0) is 37.1 Å². The van der Waals surface area contributed by atoms with Crippen LogP contribution in [-0.2, 0) is 16.6 Å². The number of hydrogen-bond donors (Lipinski definition) is 1. The van der Waals surface area contributed by atoms with E-state index in [4.69, 9.17) is 0 Å². The summed E-state index contributed by atoms with van der Waals surface area (Å²) in [5.74, 6) is -0.600. The molecule has 0 saturated carbocycles. The Morgan fingerprint density at radius 3 is 2.38 bits per heavy atom. The summed E-state index contributed by atoms with van der Waals surface area (Å²) >= 11 is 0. The molecule has 0 aliphatic carbocycles. The van der Waals surface area contributed by atoms with Crippen molar-refractivity contribution in [3.05, 3.63) is 35.7 Å². The molecule has 1 fully saturated rings. The Bertz CT molecular complexity index is 932. The fourth-order valence-corrected chi connectivity index (χ4v) is 4.39. The normalized spacial score (nSPS) is 19.9. The highest BCUT2D eigenvalue weighted by Gasteiger charge is 2.68. The molecular weight excluding hydrogens is 411 g/mol. The van der Waals surface area contributed by atoms with Crippen LogP contribution in [-0.4, -0.2) is 60.6 Å². The van der Waals surface area contributed by atoms with E-state index in [0.717, 1.165) is 0 Å². The zero-order valence-corrected chi connectivity index (χ0v) is 15.8. The van der Waals surface area contributed by atoms with Crippen molar-refractivity contribution in [1.29, 1.82) is 0 Å². The lowest BCUT2D eigenvalue weighted by atomic mass is 9.86. The van der Waals surface area contributed by atoms with E-state index in [-0.39, 0.29) is 37.6 Å². The predicted octanol–water partition coefficient (Wildman–Crippen LogP) is 2.08. The van der Waals surface area contributed by atoms with Crippen molar-refractivity contribution in [3.8, 4) is 0 Å². The molecule has 1 saturated heterocycles. The number of halogens is 3. The molecule has 1 amide bonds. The molecule has 9 nitrogen and oxygen atoms in total. The van der Waals surface area contributed by atoms with Gasteiger partial charge in [-0.1, -0.05) is 5.21 Å². The van der Waals surface area contributed by atoms with E-state index in [2.05, 4.69) is 30.9 Å². The van der Waals surface area contributed by atoms with Crippen LogP contribution in [0.1, 0.15) is 29.0 Å². The number of likely N-dealkylation sites (tertiary alicyclic amines) is 1. The molecule has 0 bridgehead atoms. The van der Waals surface area contributed by atoms with Crippen LogP contribution in [0.15, 0.2) is 39.4 Å². The summed E-state index contributed by atoms with van der Waals surface area (Å²) in [5, 5.41) is 19.7. The third-order valence-electron chi connectivity index (χ3n) is 5.10. The van der Waals surface area contributed by atoms with E-state index >= 15 is 0 Å². The van der Waals surface area contributed by atoms with Crippen LogP contribution >= 0.6 is 0 Å². The number of hydrogen-bond acceptors (Lipinski definition) is 7. The number of alkyl halides is 3. The zero-order valence-electron chi connectivity index (χ0n) is 15.0. The second-order valence-corrected chi connectivity index (χ2v) is 8.28. The van der Waals surface area contributed by atoms with Crippen molar-refractivity contribution in [2.24, 2.45) is 16.1 Å². The highest BCUT2D eigenvalue weighted by atomic mass is 32.2. The highest BCUT2D eigenvalue weighted by Crippen LogP contribution is 2.52. The quantitative estimate of drug-likeness (QED) is 0.784. The van der Waals surface area contributed by atoms with E-state index < -0.39 is 28.6 Å². The SMILES string of the molecule is O=C(c1ccc(S(=O)Cc2nn[nH]n2)cc1)N1CCC(C2(C(F)(F)F)N=N2)CC1. The second-order valence-electron chi connectivity index (χ2n) is 6.83. The minimum absolute atomic E-state index is 0.0916. The fraction of sp³-hybridized carbons (Fsp3) is 0.500. The molecule has 154 valence electrons. The van der Waals surface area contributed by atoms with Gasteiger partial charge >= 0.3 is 6.18 Å². The molecule has 1 atom stereocenters. The number of H-pyrrole nitrogens is 1. The van der Waals surface area contributed by atoms with Crippen LogP contribution in [0, 0.1) is 5.92 Å². The average molecular weight is 427 g/mol. The number of carbonyl (C=O) groups excluding carboxylic acids is 1. The van der Waals surface area contributed by atoms with Gasteiger partial charge in [0.25, 0.3) is 11.6 Å². The van der Waals surface area contributed by atoms with Crippen molar-refractivity contribution >= 4 is 16.7 Å². The Morgan fingerprint density at radius 1 is 1.21 bits per heavy atom. The largest absolute Gasteiger partial charge is 0.437 e. The molecular formula is C16H16F3N7O2S. The minimum atomic E-state index is -4.49. The van der Waals surface area contributed by atoms with Gasteiger partial charge in [0.2, 0.25) is 0 Å². The lowest BCUT2D eigenvalue weighted by Gasteiger charge is -2.34. The van der Waals surface area contributed by atoms with Gasteiger partial charge in [0, 0.05) is 29.5 Å². The number of tetrazole rings is 1. The Hall–Kier alpha value is -2.70. The van der Waals surface area contributed by atoms with E-state index in [0.29, 0.717) is 16.3 Å². The Labute approximate surface area is 165 Å². The molecule has 29 heavy (non-hydrogen) atoms. The van der Waals surface area contributed by atoms with Gasteiger partial charge in [-0.3, -0.25) is 9.00 Å². The number of benzene rings is 1. The van der Waals surface area contributed by atoms with E-state index in [1.54, 1.807) is 24.3 Å². The van der Waals surface area contributed by atoms with Crippen LogP contribution < -0.4 is 0 Å². The van der Waals surface area contributed by atoms with Crippen molar-refractivity contribution in [2.75, 3.05) is 13.1 Å². The fourth-order valence-electron chi connectivity index (χ4n) is 3.42. The molecule has 0 radical (unpaired) electrons. The summed E-state index contributed by atoms with van der Waals surface area (Å²) in [5.41, 5.74) is -1.89. The number of rotatable bonds is 5. The number of nitrogens with zero attached hydrogens (tertiary/aromatic N) is 6. The summed E-state index contributed by atoms with van der Waals surface area (Å²) in [6.07, 6.45) is -4.12. The maximum Gasteiger partial charge on any atom is 0.437 e. The first kappa shape index (κ1) is 19.6. The van der Waals surface area contributed by atoms with Crippen molar-refractivity contribution < 1.29 is 22.2 Å². The number of aromatic amines is 1. The average Bonchev–Trinajstić information content (AvgIpc) is 3.39. The number of amides is 1. The van der Waals surface area contributed by atoms with Gasteiger partial charge in [-0.2, -0.15) is 18.4 Å². The zero-order chi connectivity index (χ0) is 20.6. The Kier molecular flexibility index (Phi) is 4.92. The van der Waals surface area contributed by atoms with Crippen LogP contribution in [0.4, 0.5) is 13.2 Å². The maximum absolute atomic E-state index is 13.1. The van der Waals surface area contributed by atoms with Crippen molar-refractivity contribution in [1.82, 2.24) is 25.5 Å². The van der Waals surface area contributed by atoms with Gasteiger partial charge in [0.1, 0.15) is 0 Å². The van der Waals surface area contributed by atoms with Crippen LogP contribution in [0.25, 0.3) is 0 Å². The minimum Gasteiger partial charge on any atom is -0.339 e. The molecule has 2 aliphatic rings. The Balaban J connectivity index is 1.35. The molecule has 0 spiro atoms. The van der Waals surface area contributed by atoms with Crippen LogP contribution in [0.2, 0.25) is 0 Å². The standard InChI is InChI=1S/C16H16F3N7O2S/c17-16(18,19)15(22-23-15)11-5-7-26(8-6-11)14(27)10-1-3-12(4-2-10)29(28)9-13-20-24-25-21-13/h1-4,11H,5-9H2,(H,20,21,24,25). The lowest BCUT2D eigenvalue weighted by molar-refractivity contribution is -0.179. The number of nitrogens with one attached hydrogen (secondary N) is 1. The van der Waals surface area contributed by atoms with Gasteiger partial charge in [0.15, 0.2) is 5.82 Å². The molecule has 2 aliphatic heterocycles. The van der Waals surface area contributed by atoms with E-state index in [1.165, 1.54) is 4.90 Å². The van der Waals surface area contributed by atoms with Crippen LogP contribution in [0.5, 0.6) is 0 Å². The predicted molar refractivity (Wildman–Crippen MR) is 93.0 cm³/mol. The molecule has 4 rings (SSSR count). The first-order valence-electron chi connectivity index (χ1n) is 8.81.